The Hall–Kier alpha value is -4.20. The average Bonchev–Trinajstić information content (AvgIpc) is 3.47. The van der Waals surface area contributed by atoms with Gasteiger partial charge in [0, 0.05) is 26.1 Å². The fourth-order valence-corrected chi connectivity index (χ4v) is 9.81. The molecule has 7 heteroatoms. The van der Waals surface area contributed by atoms with Crippen LogP contribution in [0.25, 0.3) is 22.3 Å². The largest absolute Gasteiger partial charge is 0.458 e. The minimum Gasteiger partial charge on any atom is -0.458 e. The van der Waals surface area contributed by atoms with Crippen LogP contribution < -0.4 is 25.9 Å². The third kappa shape index (κ3) is 5.22. The lowest BCUT2D eigenvalue weighted by molar-refractivity contribution is 0.426. The maximum Gasteiger partial charge on any atom is 0.260 e. The summed E-state index contributed by atoms with van der Waals surface area (Å²) in [7, 11) is 0. The quantitative estimate of drug-likeness (QED) is 0.171. The molecule has 0 N–H and O–H groups in total. The van der Waals surface area contributed by atoms with Gasteiger partial charge in [0.15, 0.2) is 0 Å². The van der Waals surface area contributed by atoms with Crippen molar-refractivity contribution in [1.82, 2.24) is 0 Å². The van der Waals surface area contributed by atoms with Gasteiger partial charge in [-0.25, -0.2) is 0 Å². The molecule has 0 saturated carbocycles. The predicted molar refractivity (Wildman–Crippen MR) is 220 cm³/mol. The summed E-state index contributed by atoms with van der Waals surface area (Å²) in [5, 5.41) is 2.23. The highest BCUT2D eigenvalue weighted by molar-refractivity contribution is 8.16. The van der Waals surface area contributed by atoms with Gasteiger partial charge in [-0.2, -0.15) is 0 Å². The van der Waals surface area contributed by atoms with Crippen LogP contribution in [0.5, 0.6) is 23.0 Å². The zero-order chi connectivity index (χ0) is 35.5. The van der Waals surface area contributed by atoms with E-state index < -0.39 is 0 Å². The second-order valence-electron chi connectivity index (χ2n) is 16.1. The Balaban J connectivity index is 1.02. The minimum atomic E-state index is -0.104. The maximum absolute atomic E-state index is 6.61. The summed E-state index contributed by atoms with van der Waals surface area (Å²) < 4.78 is 13.3. The van der Waals surface area contributed by atoms with Gasteiger partial charge in [0.1, 0.15) is 23.0 Å². The molecule has 4 aliphatic heterocycles. The number of fused-ring (bicyclic) bond motifs is 4. The Morgan fingerprint density at radius 1 is 0.451 bits per heavy atom. The number of thioether (sulfide) groups is 2. The van der Waals surface area contributed by atoms with Crippen LogP contribution in [0.1, 0.15) is 66.5 Å². The maximum atomic E-state index is 6.61. The fraction of sp³-hybridized carbons (Fsp3) is 0.273. The van der Waals surface area contributed by atoms with Gasteiger partial charge in [-0.3, -0.25) is 9.98 Å². The summed E-state index contributed by atoms with van der Waals surface area (Å²) in [4.78, 5) is 10.1. The number of ether oxygens (including phenoxy) is 2. The van der Waals surface area contributed by atoms with Crippen LogP contribution in [0.15, 0.2) is 113 Å². The van der Waals surface area contributed by atoms with E-state index in [2.05, 4.69) is 152 Å². The van der Waals surface area contributed by atoms with Crippen molar-refractivity contribution in [3.63, 3.8) is 0 Å². The van der Waals surface area contributed by atoms with Crippen LogP contribution >= 0.6 is 23.5 Å². The second-order valence-corrected chi connectivity index (χ2v) is 19.4. The first kappa shape index (κ1) is 32.7. The van der Waals surface area contributed by atoms with Crippen LogP contribution in [0, 0.1) is 0 Å². The van der Waals surface area contributed by atoms with Crippen molar-refractivity contribution in [3.05, 3.63) is 114 Å². The average molecular weight is 705 g/mol. The first-order chi connectivity index (χ1) is 24.2. The lowest BCUT2D eigenvalue weighted by Gasteiger charge is -2.33. The Labute approximate surface area is 310 Å². The monoisotopic (exact) mass is 704 g/mol. The standard InChI is InChI=1S/C44H41BN2O2S2/c1-41(2)43(5,6)50-39(46-41)28-16-12-26(13-17-28)30-20-22-32-36(24-30)48-34-10-9-11-35-38(34)45(32)33-23-21-31(25-37(33)49-35)27-14-18-29(19-15-27)40-47-42(3,4)44(7,8)51-40/h9-25H,1-8H3. The van der Waals surface area contributed by atoms with Crippen molar-refractivity contribution in [2.75, 3.05) is 0 Å². The van der Waals surface area contributed by atoms with Crippen molar-refractivity contribution >= 4 is 56.7 Å². The van der Waals surface area contributed by atoms with Crippen molar-refractivity contribution in [2.45, 2.75) is 76.0 Å². The lowest BCUT2D eigenvalue weighted by atomic mass is 9.35. The molecule has 0 saturated heterocycles. The molecule has 0 unspecified atom stereocenters. The normalized spacial score (nSPS) is 19.6. The number of rotatable bonds is 4. The molecule has 4 heterocycles. The number of hydrogen-bond donors (Lipinski definition) is 0. The molecule has 9 rings (SSSR count). The summed E-state index contributed by atoms with van der Waals surface area (Å²) in [6.07, 6.45) is 0. The molecule has 0 amide bonds. The molecule has 5 aromatic rings. The smallest absolute Gasteiger partial charge is 0.260 e. The topological polar surface area (TPSA) is 43.2 Å². The van der Waals surface area contributed by atoms with E-state index in [1.165, 1.54) is 11.1 Å². The Morgan fingerprint density at radius 3 is 1.20 bits per heavy atom. The second kappa shape index (κ2) is 11.2. The summed E-state index contributed by atoms with van der Waals surface area (Å²) in [5.74, 6) is 3.47. The molecule has 4 aliphatic rings. The van der Waals surface area contributed by atoms with E-state index in [-0.39, 0.29) is 27.3 Å². The lowest BCUT2D eigenvalue weighted by Crippen LogP contribution is -2.57. The van der Waals surface area contributed by atoms with Gasteiger partial charge >= 0.3 is 0 Å². The zero-order valence-electron chi connectivity index (χ0n) is 30.4. The van der Waals surface area contributed by atoms with E-state index in [1.54, 1.807) is 0 Å². The Morgan fingerprint density at radius 2 is 0.824 bits per heavy atom. The molecule has 5 aromatic carbocycles. The summed E-state index contributed by atoms with van der Waals surface area (Å²) in [6.45, 7) is 18.0. The van der Waals surface area contributed by atoms with Gasteiger partial charge in [-0.15, -0.1) is 0 Å². The third-order valence-electron chi connectivity index (χ3n) is 11.7. The Kier molecular flexibility index (Phi) is 7.15. The van der Waals surface area contributed by atoms with Gasteiger partial charge in [-0.05, 0) is 113 Å². The molecule has 0 atom stereocenters. The van der Waals surface area contributed by atoms with Crippen molar-refractivity contribution in [3.8, 4) is 45.3 Å². The molecule has 0 radical (unpaired) electrons. The minimum absolute atomic E-state index is 0.0183. The predicted octanol–water partition coefficient (Wildman–Crippen LogP) is 9.85. The van der Waals surface area contributed by atoms with Gasteiger partial charge in [0.25, 0.3) is 6.71 Å². The first-order valence-corrected chi connectivity index (χ1v) is 19.4. The van der Waals surface area contributed by atoms with Gasteiger partial charge in [-0.1, -0.05) is 102 Å². The molecule has 0 aliphatic carbocycles. The molecule has 0 aromatic heterocycles. The molecule has 0 spiro atoms. The number of nitrogens with zero attached hydrogens (tertiary/aromatic N) is 2. The number of hydrogen-bond acceptors (Lipinski definition) is 6. The van der Waals surface area contributed by atoms with Crippen LogP contribution in [0.4, 0.5) is 0 Å². The van der Waals surface area contributed by atoms with Crippen molar-refractivity contribution < 1.29 is 9.47 Å². The van der Waals surface area contributed by atoms with Crippen molar-refractivity contribution in [2.24, 2.45) is 9.98 Å². The van der Waals surface area contributed by atoms with E-state index in [0.29, 0.717) is 0 Å². The first-order valence-electron chi connectivity index (χ1n) is 17.8. The summed E-state index contributed by atoms with van der Waals surface area (Å²) in [6, 6.07) is 37.0. The summed E-state index contributed by atoms with van der Waals surface area (Å²) >= 11 is 3.73. The molecule has 0 fully saturated rings. The van der Waals surface area contributed by atoms with Crippen LogP contribution in [-0.2, 0) is 0 Å². The van der Waals surface area contributed by atoms with Crippen LogP contribution in [0.3, 0.4) is 0 Å². The summed E-state index contributed by atoms with van der Waals surface area (Å²) in [5.41, 5.74) is 10.1. The van der Waals surface area contributed by atoms with E-state index in [0.717, 1.165) is 71.7 Å². The molecule has 51 heavy (non-hydrogen) atoms. The number of benzene rings is 5. The van der Waals surface area contributed by atoms with E-state index in [9.17, 15) is 0 Å². The number of aliphatic imine (C=N–C) groups is 2. The highest BCUT2D eigenvalue weighted by Gasteiger charge is 2.45. The molecule has 4 nitrogen and oxygen atoms in total. The van der Waals surface area contributed by atoms with Crippen molar-refractivity contribution in [1.29, 1.82) is 0 Å². The highest BCUT2D eigenvalue weighted by Crippen LogP contribution is 2.48. The van der Waals surface area contributed by atoms with Crippen LogP contribution in [-0.4, -0.2) is 37.4 Å². The molecule has 254 valence electrons. The fourth-order valence-electron chi connectivity index (χ4n) is 7.20. The highest BCUT2D eigenvalue weighted by atomic mass is 32.2. The van der Waals surface area contributed by atoms with Gasteiger partial charge in [0.05, 0.1) is 21.2 Å². The van der Waals surface area contributed by atoms with E-state index >= 15 is 0 Å². The van der Waals surface area contributed by atoms with E-state index in [1.807, 2.05) is 29.6 Å². The van der Waals surface area contributed by atoms with E-state index in [4.69, 9.17) is 19.5 Å². The van der Waals surface area contributed by atoms with Crippen LogP contribution in [0.2, 0.25) is 0 Å². The molecular formula is C44H41BN2O2S2. The zero-order valence-corrected chi connectivity index (χ0v) is 32.1. The SMILES string of the molecule is CC1(C)N=C(c2ccc(-c3ccc4c(c3)Oc3cccc5c3B4c3ccc(-c4ccc(C6=NC(C)(C)C(C)(C)S6)cc4)cc3O5)cc2)SC1(C)C. The van der Waals surface area contributed by atoms with Gasteiger partial charge < -0.3 is 9.47 Å². The molecule has 0 bridgehead atoms. The van der Waals surface area contributed by atoms with Gasteiger partial charge in [0.2, 0.25) is 0 Å². The Bertz CT molecular complexity index is 2160. The third-order valence-corrected chi connectivity index (χ3v) is 14.8. The molecular weight excluding hydrogens is 663 g/mol.